The van der Waals surface area contributed by atoms with E-state index in [1.165, 1.54) is 37.8 Å². The van der Waals surface area contributed by atoms with Crippen molar-refractivity contribution in [1.82, 2.24) is 4.90 Å². The molecule has 1 nitrogen and oxygen atoms in total. The lowest BCUT2D eigenvalue weighted by atomic mass is 9.72. The molecule has 1 heterocycles. The Morgan fingerprint density at radius 2 is 1.62 bits per heavy atom. The van der Waals surface area contributed by atoms with E-state index in [-0.39, 0.29) is 5.54 Å². The first kappa shape index (κ1) is 13.1. The molecule has 1 aliphatic heterocycles. The van der Waals surface area contributed by atoms with Gasteiger partial charge in [0.25, 0.3) is 0 Å². The number of nitrogens with zero attached hydrogens (tertiary/aromatic N) is 1. The van der Waals surface area contributed by atoms with Crippen LogP contribution in [0, 0.1) is 0 Å². The van der Waals surface area contributed by atoms with Crippen molar-refractivity contribution in [3.8, 4) is 0 Å². The zero-order chi connectivity index (χ0) is 14.3. The summed E-state index contributed by atoms with van der Waals surface area (Å²) in [5, 5.41) is 0. The summed E-state index contributed by atoms with van der Waals surface area (Å²) in [5.41, 5.74) is 6.35. The molecule has 2 aliphatic rings. The average molecular weight is 277 g/mol. The lowest BCUT2D eigenvalue weighted by Crippen LogP contribution is -2.44. The van der Waals surface area contributed by atoms with Crippen molar-refractivity contribution in [2.24, 2.45) is 0 Å². The Morgan fingerprint density at radius 1 is 0.952 bits per heavy atom. The Balaban J connectivity index is 1.95. The van der Waals surface area contributed by atoms with Crippen LogP contribution in [0.2, 0.25) is 0 Å². The summed E-state index contributed by atoms with van der Waals surface area (Å²) in [6.07, 6.45) is 5.02. The Morgan fingerprint density at radius 3 is 2.38 bits per heavy atom. The highest BCUT2D eigenvalue weighted by Gasteiger charge is 2.47. The van der Waals surface area contributed by atoms with Crippen molar-refractivity contribution in [2.45, 2.75) is 44.7 Å². The molecule has 0 bridgehead atoms. The van der Waals surface area contributed by atoms with Crippen LogP contribution >= 0.6 is 0 Å². The van der Waals surface area contributed by atoms with Gasteiger partial charge in [0.15, 0.2) is 0 Å². The molecule has 1 atom stereocenters. The van der Waals surface area contributed by atoms with Gasteiger partial charge in [-0.2, -0.15) is 0 Å². The van der Waals surface area contributed by atoms with Gasteiger partial charge in [0, 0.05) is 6.54 Å². The van der Waals surface area contributed by atoms with Crippen LogP contribution in [0.5, 0.6) is 0 Å². The highest BCUT2D eigenvalue weighted by molar-refractivity contribution is 5.50. The number of benzene rings is 2. The van der Waals surface area contributed by atoms with E-state index in [9.17, 15) is 0 Å². The monoisotopic (exact) mass is 277 g/mol. The Bertz CT molecular complexity index is 660. The van der Waals surface area contributed by atoms with Crippen molar-refractivity contribution >= 4 is 0 Å². The first-order valence-corrected chi connectivity index (χ1v) is 8.28. The molecular weight excluding hydrogens is 254 g/mol. The first-order valence-electron chi connectivity index (χ1n) is 8.28. The third kappa shape index (κ3) is 1.80. The molecule has 1 unspecified atom stereocenters. The molecule has 2 aromatic carbocycles. The SMILES string of the molecule is CCCN1Cc2ccccc2C12CCCc1ccccc12. The second-order valence-electron chi connectivity index (χ2n) is 6.45. The molecule has 2 aromatic rings. The molecule has 1 heteroatoms. The summed E-state index contributed by atoms with van der Waals surface area (Å²) in [6.45, 7) is 4.59. The standard InChI is InChI=1S/C20H23N/c1-2-14-21-15-17-9-4-6-12-19(17)20(21)13-7-10-16-8-3-5-11-18(16)20/h3-6,8-9,11-12H,2,7,10,13-15H2,1H3. The summed E-state index contributed by atoms with van der Waals surface area (Å²) in [7, 11) is 0. The van der Waals surface area contributed by atoms with Gasteiger partial charge in [-0.1, -0.05) is 55.5 Å². The van der Waals surface area contributed by atoms with Gasteiger partial charge in [0.05, 0.1) is 5.54 Å². The molecule has 0 saturated heterocycles. The number of hydrogen-bond acceptors (Lipinski definition) is 1. The summed E-state index contributed by atoms with van der Waals surface area (Å²) in [6, 6.07) is 18.2. The molecule has 4 rings (SSSR count). The summed E-state index contributed by atoms with van der Waals surface area (Å²) in [4.78, 5) is 2.73. The predicted molar refractivity (Wildman–Crippen MR) is 87.3 cm³/mol. The Hall–Kier alpha value is -1.60. The fourth-order valence-corrected chi connectivity index (χ4v) is 4.53. The Labute approximate surface area is 127 Å². The molecule has 1 aliphatic carbocycles. The van der Waals surface area contributed by atoms with Crippen molar-refractivity contribution in [2.75, 3.05) is 6.54 Å². The minimum absolute atomic E-state index is 0.140. The maximum Gasteiger partial charge on any atom is 0.0724 e. The van der Waals surface area contributed by atoms with Crippen molar-refractivity contribution in [3.05, 3.63) is 70.8 Å². The third-order valence-electron chi connectivity index (χ3n) is 5.31. The quantitative estimate of drug-likeness (QED) is 0.781. The van der Waals surface area contributed by atoms with Crippen LogP contribution in [-0.2, 0) is 18.5 Å². The zero-order valence-corrected chi connectivity index (χ0v) is 12.8. The highest BCUT2D eigenvalue weighted by Crippen LogP contribution is 2.50. The van der Waals surface area contributed by atoms with Gasteiger partial charge in [-0.05, 0) is 54.5 Å². The van der Waals surface area contributed by atoms with Gasteiger partial charge < -0.3 is 0 Å². The van der Waals surface area contributed by atoms with Gasteiger partial charge in [0.2, 0.25) is 0 Å². The summed E-state index contributed by atoms with van der Waals surface area (Å²) < 4.78 is 0. The molecule has 108 valence electrons. The van der Waals surface area contributed by atoms with E-state index in [4.69, 9.17) is 0 Å². The van der Waals surface area contributed by atoms with E-state index < -0.39 is 0 Å². The number of aryl methyl sites for hydroxylation is 1. The highest BCUT2D eigenvalue weighted by atomic mass is 15.2. The van der Waals surface area contributed by atoms with Gasteiger partial charge in [-0.25, -0.2) is 0 Å². The molecule has 1 spiro atoms. The van der Waals surface area contributed by atoms with Crippen LogP contribution in [0.15, 0.2) is 48.5 Å². The molecule has 0 fully saturated rings. The molecule has 0 aromatic heterocycles. The topological polar surface area (TPSA) is 3.24 Å². The first-order chi connectivity index (χ1) is 10.4. The lowest BCUT2D eigenvalue weighted by Gasteiger charge is -2.44. The second kappa shape index (κ2) is 4.99. The van der Waals surface area contributed by atoms with E-state index in [0.29, 0.717) is 0 Å². The number of hydrogen-bond donors (Lipinski definition) is 0. The number of fused-ring (bicyclic) bond motifs is 4. The van der Waals surface area contributed by atoms with E-state index in [1.807, 2.05) is 0 Å². The molecule has 0 saturated carbocycles. The van der Waals surface area contributed by atoms with E-state index in [2.05, 4.69) is 60.4 Å². The molecule has 21 heavy (non-hydrogen) atoms. The van der Waals surface area contributed by atoms with Crippen LogP contribution in [0.3, 0.4) is 0 Å². The van der Waals surface area contributed by atoms with Crippen LogP contribution in [0.1, 0.15) is 48.4 Å². The van der Waals surface area contributed by atoms with E-state index in [1.54, 1.807) is 16.7 Å². The third-order valence-corrected chi connectivity index (χ3v) is 5.31. The summed E-state index contributed by atoms with van der Waals surface area (Å²) in [5.74, 6) is 0. The van der Waals surface area contributed by atoms with E-state index >= 15 is 0 Å². The largest absolute Gasteiger partial charge is 0.285 e. The lowest BCUT2D eigenvalue weighted by molar-refractivity contribution is 0.120. The minimum atomic E-state index is 0.140. The second-order valence-corrected chi connectivity index (χ2v) is 6.45. The fourth-order valence-electron chi connectivity index (χ4n) is 4.53. The van der Waals surface area contributed by atoms with Crippen molar-refractivity contribution in [3.63, 3.8) is 0 Å². The maximum atomic E-state index is 2.73. The smallest absolute Gasteiger partial charge is 0.0724 e. The molecular formula is C20H23N. The van der Waals surface area contributed by atoms with Crippen LogP contribution < -0.4 is 0 Å². The fraction of sp³-hybridized carbons (Fsp3) is 0.400. The van der Waals surface area contributed by atoms with Gasteiger partial charge in [-0.3, -0.25) is 4.90 Å². The average Bonchev–Trinajstić information content (AvgIpc) is 2.83. The molecule has 0 N–H and O–H groups in total. The normalized spacial score (nSPS) is 24.0. The maximum absolute atomic E-state index is 2.73. The summed E-state index contributed by atoms with van der Waals surface area (Å²) >= 11 is 0. The zero-order valence-electron chi connectivity index (χ0n) is 12.8. The number of rotatable bonds is 2. The van der Waals surface area contributed by atoms with Gasteiger partial charge in [-0.15, -0.1) is 0 Å². The Kier molecular flexibility index (Phi) is 3.11. The van der Waals surface area contributed by atoms with Crippen LogP contribution in [0.4, 0.5) is 0 Å². The predicted octanol–water partition coefficient (Wildman–Crippen LogP) is 4.49. The van der Waals surface area contributed by atoms with Gasteiger partial charge >= 0.3 is 0 Å². The van der Waals surface area contributed by atoms with Crippen molar-refractivity contribution in [1.29, 1.82) is 0 Å². The minimum Gasteiger partial charge on any atom is -0.285 e. The van der Waals surface area contributed by atoms with Crippen LogP contribution in [-0.4, -0.2) is 11.4 Å². The van der Waals surface area contributed by atoms with E-state index in [0.717, 1.165) is 6.54 Å². The molecule has 0 amide bonds. The van der Waals surface area contributed by atoms with Gasteiger partial charge in [0.1, 0.15) is 0 Å². The van der Waals surface area contributed by atoms with Crippen LogP contribution in [0.25, 0.3) is 0 Å². The molecule has 0 radical (unpaired) electrons. The van der Waals surface area contributed by atoms with Crippen molar-refractivity contribution < 1.29 is 0 Å².